The number of carbonyl (C=O) groups is 1. The molecule has 0 atom stereocenters. The molecular formula is C14H19NO2S. The molecule has 1 aromatic rings. The zero-order valence-electron chi connectivity index (χ0n) is 10.5. The molecule has 1 aromatic heterocycles. The van der Waals surface area contributed by atoms with Crippen LogP contribution < -0.4 is 5.32 Å². The number of nitrogens with one attached hydrogen (secondary N) is 1. The first-order chi connectivity index (χ1) is 8.83. The molecule has 0 unspecified atom stereocenters. The van der Waals surface area contributed by atoms with E-state index in [1.54, 1.807) is 11.3 Å². The Kier molecular flexibility index (Phi) is 3.66. The van der Waals surface area contributed by atoms with E-state index in [1.807, 2.05) is 0 Å². The summed E-state index contributed by atoms with van der Waals surface area (Å²) in [7, 11) is 0. The maximum absolute atomic E-state index is 12.1. The van der Waals surface area contributed by atoms with Gasteiger partial charge in [0.25, 0.3) is 5.91 Å². The maximum Gasteiger partial charge on any atom is 0.261 e. The van der Waals surface area contributed by atoms with Gasteiger partial charge in [-0.15, -0.1) is 11.3 Å². The van der Waals surface area contributed by atoms with Crippen LogP contribution in [0.3, 0.4) is 0 Å². The van der Waals surface area contributed by atoms with E-state index >= 15 is 0 Å². The summed E-state index contributed by atoms with van der Waals surface area (Å²) in [6.45, 7) is 1.33. The standard InChI is InChI=1S/C14H19NO2S/c16-14(15-11-8-17-9-11)13-7-10-5-3-1-2-4-6-12(10)18-13/h7,11H,1-6,8-9H2,(H,15,16). The van der Waals surface area contributed by atoms with Gasteiger partial charge in [0.05, 0.1) is 24.1 Å². The normalized spacial score (nSPS) is 20.4. The molecule has 1 N–H and O–H groups in total. The van der Waals surface area contributed by atoms with Gasteiger partial charge in [-0.3, -0.25) is 4.79 Å². The van der Waals surface area contributed by atoms with Crippen LogP contribution in [0.15, 0.2) is 6.07 Å². The summed E-state index contributed by atoms with van der Waals surface area (Å²) >= 11 is 1.69. The monoisotopic (exact) mass is 265 g/mol. The van der Waals surface area contributed by atoms with Crippen LogP contribution in [0.2, 0.25) is 0 Å². The Morgan fingerprint density at radius 1 is 1.22 bits per heavy atom. The highest BCUT2D eigenvalue weighted by molar-refractivity contribution is 7.14. The van der Waals surface area contributed by atoms with E-state index in [0.29, 0.717) is 13.2 Å². The first kappa shape index (κ1) is 12.2. The van der Waals surface area contributed by atoms with E-state index in [0.717, 1.165) is 17.7 Å². The minimum absolute atomic E-state index is 0.0834. The van der Waals surface area contributed by atoms with Gasteiger partial charge < -0.3 is 10.1 Å². The predicted molar refractivity (Wildman–Crippen MR) is 72.3 cm³/mol. The number of fused-ring (bicyclic) bond motifs is 1. The van der Waals surface area contributed by atoms with Gasteiger partial charge in [0.1, 0.15) is 0 Å². The Morgan fingerprint density at radius 2 is 2.00 bits per heavy atom. The quantitative estimate of drug-likeness (QED) is 0.892. The van der Waals surface area contributed by atoms with Crippen LogP contribution in [-0.2, 0) is 17.6 Å². The van der Waals surface area contributed by atoms with Crippen molar-refractivity contribution in [2.45, 2.75) is 44.6 Å². The van der Waals surface area contributed by atoms with E-state index in [9.17, 15) is 4.79 Å². The molecular weight excluding hydrogens is 246 g/mol. The van der Waals surface area contributed by atoms with Crippen molar-refractivity contribution in [2.75, 3.05) is 13.2 Å². The number of ether oxygens (including phenoxy) is 1. The lowest BCUT2D eigenvalue weighted by Crippen LogP contribution is -2.48. The van der Waals surface area contributed by atoms with E-state index in [-0.39, 0.29) is 11.9 Å². The van der Waals surface area contributed by atoms with Crippen molar-refractivity contribution in [1.29, 1.82) is 0 Å². The number of amides is 1. The predicted octanol–water partition coefficient (Wildman–Crippen LogP) is 2.54. The van der Waals surface area contributed by atoms with Gasteiger partial charge in [0, 0.05) is 4.88 Å². The van der Waals surface area contributed by atoms with Crippen LogP contribution in [0.1, 0.15) is 45.8 Å². The fraction of sp³-hybridized carbons (Fsp3) is 0.643. The summed E-state index contributed by atoms with van der Waals surface area (Å²) in [6, 6.07) is 2.34. The molecule has 4 heteroatoms. The molecule has 1 aliphatic heterocycles. The number of aryl methyl sites for hydroxylation is 2. The van der Waals surface area contributed by atoms with Crippen molar-refractivity contribution in [1.82, 2.24) is 5.32 Å². The van der Waals surface area contributed by atoms with E-state index in [2.05, 4.69) is 11.4 Å². The molecule has 2 heterocycles. The topological polar surface area (TPSA) is 38.3 Å². The van der Waals surface area contributed by atoms with Gasteiger partial charge in [-0.1, -0.05) is 12.8 Å². The Labute approximate surface area is 112 Å². The molecule has 0 saturated carbocycles. The Bertz CT molecular complexity index is 412. The highest BCUT2D eigenvalue weighted by atomic mass is 32.1. The third kappa shape index (κ3) is 2.59. The third-order valence-corrected chi connectivity index (χ3v) is 4.93. The Hall–Kier alpha value is -0.870. The van der Waals surface area contributed by atoms with Gasteiger partial charge in [-0.2, -0.15) is 0 Å². The van der Waals surface area contributed by atoms with Crippen LogP contribution in [-0.4, -0.2) is 25.2 Å². The Balaban J connectivity index is 1.71. The average Bonchev–Trinajstić information content (AvgIpc) is 2.66. The van der Waals surface area contributed by atoms with Crippen molar-refractivity contribution in [2.24, 2.45) is 0 Å². The number of carbonyl (C=O) groups excluding carboxylic acids is 1. The van der Waals surface area contributed by atoms with Gasteiger partial charge in [-0.25, -0.2) is 0 Å². The second-order valence-electron chi connectivity index (χ2n) is 5.18. The molecule has 3 nitrogen and oxygen atoms in total. The summed E-state index contributed by atoms with van der Waals surface area (Å²) in [5, 5.41) is 3.02. The van der Waals surface area contributed by atoms with Gasteiger partial charge in [0.2, 0.25) is 0 Å². The molecule has 98 valence electrons. The second-order valence-corrected chi connectivity index (χ2v) is 6.32. The van der Waals surface area contributed by atoms with E-state index < -0.39 is 0 Å². The average molecular weight is 265 g/mol. The van der Waals surface area contributed by atoms with Crippen LogP contribution in [0.25, 0.3) is 0 Å². The Morgan fingerprint density at radius 3 is 2.72 bits per heavy atom. The molecule has 0 radical (unpaired) electrons. The number of thiophene rings is 1. The summed E-state index contributed by atoms with van der Waals surface area (Å²) in [5.74, 6) is 0.0834. The molecule has 2 aliphatic rings. The van der Waals surface area contributed by atoms with Gasteiger partial charge in [-0.05, 0) is 37.3 Å². The SMILES string of the molecule is O=C(NC1COC1)c1cc2c(s1)CCCCCC2. The van der Waals surface area contributed by atoms with Crippen molar-refractivity contribution >= 4 is 17.2 Å². The highest BCUT2D eigenvalue weighted by Crippen LogP contribution is 2.28. The summed E-state index contributed by atoms with van der Waals surface area (Å²) in [4.78, 5) is 14.4. The summed E-state index contributed by atoms with van der Waals surface area (Å²) in [5.41, 5.74) is 1.41. The van der Waals surface area contributed by atoms with Crippen molar-refractivity contribution in [3.63, 3.8) is 0 Å². The third-order valence-electron chi connectivity index (χ3n) is 3.69. The minimum atomic E-state index is 0.0834. The van der Waals surface area contributed by atoms with Crippen molar-refractivity contribution in [3.8, 4) is 0 Å². The van der Waals surface area contributed by atoms with Gasteiger partial charge >= 0.3 is 0 Å². The molecule has 1 aliphatic carbocycles. The molecule has 0 spiro atoms. The number of hydrogen-bond donors (Lipinski definition) is 1. The van der Waals surface area contributed by atoms with Crippen molar-refractivity contribution in [3.05, 3.63) is 21.4 Å². The molecule has 3 rings (SSSR count). The zero-order chi connectivity index (χ0) is 12.4. The maximum atomic E-state index is 12.1. The van der Waals surface area contributed by atoms with Crippen molar-refractivity contribution < 1.29 is 9.53 Å². The molecule has 0 aromatic carbocycles. The lowest BCUT2D eigenvalue weighted by Gasteiger charge is -2.26. The first-order valence-electron chi connectivity index (χ1n) is 6.83. The smallest absolute Gasteiger partial charge is 0.261 e. The van der Waals surface area contributed by atoms with E-state index in [1.165, 1.54) is 36.1 Å². The minimum Gasteiger partial charge on any atom is -0.377 e. The lowest BCUT2D eigenvalue weighted by atomic mass is 10.00. The summed E-state index contributed by atoms with van der Waals surface area (Å²) < 4.78 is 5.07. The van der Waals surface area contributed by atoms with E-state index in [4.69, 9.17) is 4.74 Å². The van der Waals surface area contributed by atoms with Crippen LogP contribution in [0.5, 0.6) is 0 Å². The fourth-order valence-electron chi connectivity index (χ4n) is 2.53. The highest BCUT2D eigenvalue weighted by Gasteiger charge is 2.23. The second kappa shape index (κ2) is 5.41. The largest absolute Gasteiger partial charge is 0.377 e. The molecule has 1 saturated heterocycles. The van der Waals surface area contributed by atoms with Crippen LogP contribution in [0, 0.1) is 0 Å². The molecule has 1 fully saturated rings. The molecule has 1 amide bonds. The van der Waals surface area contributed by atoms with Crippen LogP contribution in [0.4, 0.5) is 0 Å². The summed E-state index contributed by atoms with van der Waals surface area (Å²) in [6.07, 6.45) is 7.49. The lowest BCUT2D eigenvalue weighted by molar-refractivity contribution is -0.00339. The molecule has 0 bridgehead atoms. The first-order valence-corrected chi connectivity index (χ1v) is 7.65. The van der Waals surface area contributed by atoms with Crippen LogP contribution >= 0.6 is 11.3 Å². The zero-order valence-corrected chi connectivity index (χ0v) is 11.4. The van der Waals surface area contributed by atoms with Gasteiger partial charge in [0.15, 0.2) is 0 Å². The number of hydrogen-bond acceptors (Lipinski definition) is 3. The fourth-order valence-corrected chi connectivity index (χ4v) is 3.69. The number of rotatable bonds is 2. The molecule has 18 heavy (non-hydrogen) atoms.